The number of rotatable bonds is 8. The monoisotopic (exact) mass is 402 g/mol. The van der Waals surface area contributed by atoms with Crippen molar-refractivity contribution in [2.75, 3.05) is 18.9 Å². The summed E-state index contributed by atoms with van der Waals surface area (Å²) in [6.45, 7) is 6.17. The number of hydrogen-bond donors (Lipinski definition) is 1. The van der Waals surface area contributed by atoms with Crippen molar-refractivity contribution in [3.63, 3.8) is 0 Å². The second kappa shape index (κ2) is 9.76. The molecule has 0 fully saturated rings. The lowest BCUT2D eigenvalue weighted by Gasteiger charge is -2.10. The van der Waals surface area contributed by atoms with Gasteiger partial charge in [-0.3, -0.25) is 0 Å². The molecule has 28 heavy (non-hydrogen) atoms. The lowest BCUT2D eigenvalue weighted by Crippen LogP contribution is -2.10. The molecule has 1 aromatic carbocycles. The average molecular weight is 402 g/mol. The molecule has 2 aromatic rings. The Morgan fingerprint density at radius 3 is 2.64 bits per heavy atom. The maximum atomic E-state index is 12.4. The Bertz CT molecular complexity index is 898. The van der Waals surface area contributed by atoms with Crippen LogP contribution in [-0.2, 0) is 16.1 Å². The van der Waals surface area contributed by atoms with Gasteiger partial charge in [0.15, 0.2) is 0 Å². The zero-order valence-corrected chi connectivity index (χ0v) is 16.8. The molecule has 1 heterocycles. The number of thiophene rings is 1. The van der Waals surface area contributed by atoms with Crippen molar-refractivity contribution >= 4 is 28.3 Å². The first-order chi connectivity index (χ1) is 13.4. The van der Waals surface area contributed by atoms with Gasteiger partial charge in [0.25, 0.3) is 0 Å². The fourth-order valence-electron chi connectivity index (χ4n) is 2.30. The van der Waals surface area contributed by atoms with Crippen molar-refractivity contribution in [2.45, 2.75) is 27.4 Å². The zero-order valence-electron chi connectivity index (χ0n) is 16.0. The van der Waals surface area contributed by atoms with Crippen LogP contribution in [0.5, 0.6) is 5.75 Å². The van der Waals surface area contributed by atoms with E-state index < -0.39 is 11.9 Å². The minimum absolute atomic E-state index is 0.120. The minimum atomic E-state index is -0.601. The van der Waals surface area contributed by atoms with Gasteiger partial charge in [-0.15, -0.1) is 11.3 Å². The normalized spacial score (nSPS) is 10.4. The lowest BCUT2D eigenvalue weighted by molar-refractivity contribution is 0.0452. The molecule has 0 saturated carbocycles. The number of benzene rings is 1. The molecular formula is C20H22N2O5S. The number of anilines is 1. The summed E-state index contributed by atoms with van der Waals surface area (Å²) < 4.78 is 15.9. The molecule has 148 valence electrons. The molecule has 0 unspecified atom stereocenters. The standard InChI is InChI=1S/C20H22N2O5S/c1-4-25-20(24)17-16(15(9-21)18(22)28-17)11-27-19(23)13-6-5-7-14(8-13)26-10-12(2)3/h5-8,12H,4,10-11,22H2,1-3H3. The van der Waals surface area contributed by atoms with Gasteiger partial charge in [-0.05, 0) is 31.0 Å². The highest BCUT2D eigenvalue weighted by molar-refractivity contribution is 7.18. The van der Waals surface area contributed by atoms with Crippen LogP contribution in [0.1, 0.15) is 51.9 Å². The van der Waals surface area contributed by atoms with Crippen LogP contribution in [-0.4, -0.2) is 25.2 Å². The largest absolute Gasteiger partial charge is 0.493 e. The highest BCUT2D eigenvalue weighted by Crippen LogP contribution is 2.32. The summed E-state index contributed by atoms with van der Waals surface area (Å²) in [4.78, 5) is 24.7. The van der Waals surface area contributed by atoms with Crippen molar-refractivity contribution in [1.82, 2.24) is 0 Å². The van der Waals surface area contributed by atoms with Crippen LogP contribution in [0.15, 0.2) is 24.3 Å². The maximum absolute atomic E-state index is 12.4. The first kappa shape index (κ1) is 21.3. The van der Waals surface area contributed by atoms with E-state index in [9.17, 15) is 14.9 Å². The third kappa shape index (κ3) is 5.24. The maximum Gasteiger partial charge on any atom is 0.348 e. The number of nitriles is 1. The van der Waals surface area contributed by atoms with Gasteiger partial charge in [0.1, 0.15) is 28.3 Å². The summed E-state index contributed by atoms with van der Waals surface area (Å²) >= 11 is 0.942. The van der Waals surface area contributed by atoms with Gasteiger partial charge in [0, 0.05) is 5.56 Å². The number of nitrogens with two attached hydrogens (primary N) is 1. The average Bonchev–Trinajstić information content (AvgIpc) is 3.00. The fourth-order valence-corrected chi connectivity index (χ4v) is 3.22. The summed E-state index contributed by atoms with van der Waals surface area (Å²) in [5, 5.41) is 9.50. The van der Waals surface area contributed by atoms with Crippen molar-refractivity contribution < 1.29 is 23.8 Å². The van der Waals surface area contributed by atoms with Crippen LogP contribution >= 0.6 is 11.3 Å². The second-order valence-corrected chi connectivity index (χ2v) is 7.34. The van der Waals surface area contributed by atoms with Crippen molar-refractivity contribution in [3.05, 3.63) is 45.8 Å². The van der Waals surface area contributed by atoms with E-state index in [0.29, 0.717) is 23.8 Å². The first-order valence-corrected chi connectivity index (χ1v) is 9.57. The Morgan fingerprint density at radius 1 is 1.25 bits per heavy atom. The van der Waals surface area contributed by atoms with Gasteiger partial charge >= 0.3 is 11.9 Å². The molecule has 2 rings (SSSR count). The molecule has 2 N–H and O–H groups in total. The van der Waals surface area contributed by atoms with Gasteiger partial charge in [0.2, 0.25) is 0 Å². The quantitative estimate of drug-likeness (QED) is 0.669. The van der Waals surface area contributed by atoms with Gasteiger partial charge in [-0.25, -0.2) is 9.59 Å². The van der Waals surface area contributed by atoms with Crippen molar-refractivity contribution in [3.8, 4) is 11.8 Å². The summed E-state index contributed by atoms with van der Waals surface area (Å²) in [7, 11) is 0. The van der Waals surface area contributed by atoms with Crippen LogP contribution in [0.2, 0.25) is 0 Å². The van der Waals surface area contributed by atoms with Crippen LogP contribution in [0, 0.1) is 17.2 Å². The molecule has 0 atom stereocenters. The van der Waals surface area contributed by atoms with Crippen LogP contribution in [0.3, 0.4) is 0 Å². The Labute approximate surface area is 167 Å². The summed E-state index contributed by atoms with van der Waals surface area (Å²) in [5.74, 6) is -0.285. The third-order valence-electron chi connectivity index (χ3n) is 3.61. The molecule has 7 nitrogen and oxygen atoms in total. The van der Waals surface area contributed by atoms with Gasteiger partial charge in [-0.1, -0.05) is 19.9 Å². The molecular weight excluding hydrogens is 380 g/mol. The molecule has 0 spiro atoms. The minimum Gasteiger partial charge on any atom is -0.493 e. The highest BCUT2D eigenvalue weighted by Gasteiger charge is 2.24. The molecule has 0 saturated heterocycles. The summed E-state index contributed by atoms with van der Waals surface area (Å²) in [5.41, 5.74) is 6.49. The van der Waals surface area contributed by atoms with Crippen LogP contribution in [0.25, 0.3) is 0 Å². The summed E-state index contributed by atoms with van der Waals surface area (Å²) in [6.07, 6.45) is 0. The number of hydrogen-bond acceptors (Lipinski definition) is 8. The number of ether oxygens (including phenoxy) is 3. The van der Waals surface area contributed by atoms with E-state index in [4.69, 9.17) is 19.9 Å². The van der Waals surface area contributed by atoms with Crippen molar-refractivity contribution in [2.24, 2.45) is 5.92 Å². The predicted molar refractivity (Wildman–Crippen MR) is 105 cm³/mol. The smallest absolute Gasteiger partial charge is 0.348 e. The van der Waals surface area contributed by atoms with E-state index in [0.717, 1.165) is 11.3 Å². The molecule has 0 bridgehead atoms. The van der Waals surface area contributed by atoms with E-state index in [-0.39, 0.29) is 34.2 Å². The predicted octanol–water partition coefficient (Wildman–Crippen LogP) is 3.77. The first-order valence-electron chi connectivity index (χ1n) is 8.75. The molecule has 0 radical (unpaired) electrons. The highest BCUT2D eigenvalue weighted by atomic mass is 32.1. The number of carbonyl (C=O) groups is 2. The summed E-state index contributed by atoms with van der Waals surface area (Å²) in [6, 6.07) is 8.59. The molecule has 8 heteroatoms. The van der Waals surface area contributed by atoms with E-state index in [1.54, 1.807) is 31.2 Å². The van der Waals surface area contributed by atoms with E-state index in [1.165, 1.54) is 0 Å². The third-order valence-corrected chi connectivity index (χ3v) is 4.65. The number of esters is 2. The Balaban J connectivity index is 2.16. The fraction of sp³-hybridized carbons (Fsp3) is 0.350. The number of carbonyl (C=O) groups excluding carboxylic acids is 2. The molecule has 1 aromatic heterocycles. The van der Waals surface area contributed by atoms with Gasteiger partial charge < -0.3 is 19.9 Å². The Morgan fingerprint density at radius 2 is 2.00 bits per heavy atom. The second-order valence-electron chi connectivity index (χ2n) is 6.29. The van der Waals surface area contributed by atoms with Crippen LogP contribution < -0.4 is 10.5 Å². The number of nitrogen functional groups attached to an aromatic ring is 1. The van der Waals surface area contributed by atoms with Crippen LogP contribution in [0.4, 0.5) is 5.00 Å². The Kier molecular flexibility index (Phi) is 7.41. The topological polar surface area (TPSA) is 112 Å². The lowest BCUT2D eigenvalue weighted by atomic mass is 10.1. The Hall–Kier alpha value is -3.05. The van der Waals surface area contributed by atoms with E-state index in [2.05, 4.69) is 0 Å². The van der Waals surface area contributed by atoms with Crippen molar-refractivity contribution in [1.29, 1.82) is 5.26 Å². The van der Waals surface area contributed by atoms with Gasteiger partial charge in [-0.2, -0.15) is 5.26 Å². The molecule has 0 aliphatic rings. The van der Waals surface area contributed by atoms with E-state index >= 15 is 0 Å². The SMILES string of the molecule is CCOC(=O)c1sc(N)c(C#N)c1COC(=O)c1cccc(OCC(C)C)c1. The number of nitrogens with zero attached hydrogens (tertiary/aromatic N) is 1. The molecule has 0 aliphatic carbocycles. The molecule has 0 amide bonds. The van der Waals surface area contributed by atoms with Gasteiger partial charge in [0.05, 0.1) is 24.3 Å². The zero-order chi connectivity index (χ0) is 20.7. The van der Waals surface area contributed by atoms with E-state index in [1.807, 2.05) is 19.9 Å². The molecule has 0 aliphatic heterocycles.